The van der Waals surface area contributed by atoms with Crippen LogP contribution < -0.4 is 5.32 Å². The minimum atomic E-state index is -0.0353. The van der Waals surface area contributed by atoms with Crippen LogP contribution in [0.2, 0.25) is 0 Å². The maximum Gasteiger partial charge on any atom is 0.305 e. The Kier molecular flexibility index (Phi) is 5.36. The molecule has 0 aliphatic heterocycles. The van der Waals surface area contributed by atoms with Gasteiger partial charge < -0.3 is 10.1 Å². The van der Waals surface area contributed by atoms with Gasteiger partial charge in [-0.3, -0.25) is 4.79 Å². The first-order chi connectivity index (χ1) is 16.4. The highest BCUT2D eigenvalue weighted by atomic mass is 32.1. The number of hydrogen-bond acceptors (Lipinski definition) is 6. The van der Waals surface area contributed by atoms with Crippen molar-refractivity contribution in [1.29, 1.82) is 0 Å². The number of nitrogens with zero attached hydrogens (tertiary/aromatic N) is 2. The van der Waals surface area contributed by atoms with Crippen LogP contribution in [0.4, 0.5) is 10.9 Å². The van der Waals surface area contributed by atoms with Gasteiger partial charge in [0.05, 0.1) is 10.6 Å². The Morgan fingerprint density at radius 2 is 2.09 bits per heavy atom. The number of carbonyl (C=O) groups is 1. The molecule has 0 radical (unpaired) electrons. The van der Waals surface area contributed by atoms with Crippen LogP contribution in [0.3, 0.4) is 0 Å². The number of ether oxygens (including phenoxy) is 1. The summed E-state index contributed by atoms with van der Waals surface area (Å²) in [4.78, 5) is 22.8. The minimum Gasteiger partial charge on any atom is -0.462 e. The molecule has 0 saturated heterocycles. The van der Waals surface area contributed by atoms with E-state index in [0.29, 0.717) is 24.2 Å². The Morgan fingerprint density at radius 1 is 1.21 bits per heavy atom. The lowest BCUT2D eigenvalue weighted by molar-refractivity contribution is -0.158. The van der Waals surface area contributed by atoms with Gasteiger partial charge in [-0.15, -0.1) is 0 Å². The van der Waals surface area contributed by atoms with Gasteiger partial charge in [-0.25, -0.2) is 9.97 Å². The van der Waals surface area contributed by atoms with Gasteiger partial charge >= 0.3 is 5.97 Å². The van der Waals surface area contributed by atoms with Crippen molar-refractivity contribution in [3.63, 3.8) is 0 Å². The van der Waals surface area contributed by atoms with Crippen molar-refractivity contribution in [2.75, 3.05) is 5.32 Å². The number of carbonyl (C=O) groups excluding carboxylic acids is 1. The average molecular weight is 478 g/mol. The third kappa shape index (κ3) is 3.35. The predicted molar refractivity (Wildman–Crippen MR) is 136 cm³/mol. The molecule has 2 aromatic heterocycles. The van der Waals surface area contributed by atoms with Crippen molar-refractivity contribution in [3.05, 3.63) is 41.0 Å². The molecular formula is C28H35N3O2S. The van der Waals surface area contributed by atoms with E-state index in [1.807, 2.05) is 31.3 Å². The number of fused-ring (bicyclic) bond motifs is 7. The van der Waals surface area contributed by atoms with Gasteiger partial charge in [0.1, 0.15) is 11.9 Å². The number of allylic oxidation sites excluding steroid dienone is 2. The molecule has 0 bridgehead atoms. The topological polar surface area (TPSA) is 64.1 Å². The summed E-state index contributed by atoms with van der Waals surface area (Å²) in [5.74, 6) is 2.86. The summed E-state index contributed by atoms with van der Waals surface area (Å²) in [6.07, 6.45) is 12.9. The van der Waals surface area contributed by atoms with E-state index in [1.54, 1.807) is 11.3 Å². The molecule has 4 aliphatic rings. The molecule has 5 nitrogen and oxygen atoms in total. The number of aromatic nitrogens is 2. The van der Waals surface area contributed by atoms with E-state index < -0.39 is 0 Å². The molecule has 180 valence electrons. The molecule has 0 spiro atoms. The van der Waals surface area contributed by atoms with E-state index in [9.17, 15) is 4.79 Å². The number of pyridine rings is 1. The lowest BCUT2D eigenvalue weighted by atomic mass is 9.48. The van der Waals surface area contributed by atoms with E-state index in [0.717, 1.165) is 30.2 Å². The molecule has 6 atom stereocenters. The number of esters is 1. The first kappa shape index (κ1) is 22.3. The zero-order valence-electron chi connectivity index (χ0n) is 20.5. The number of aryl methyl sites for hydroxylation is 1. The van der Waals surface area contributed by atoms with Crippen LogP contribution in [-0.4, -0.2) is 22.0 Å². The van der Waals surface area contributed by atoms with Crippen molar-refractivity contribution in [1.82, 2.24) is 9.97 Å². The second-order valence-electron chi connectivity index (χ2n) is 11.2. The smallest absolute Gasteiger partial charge is 0.305 e. The fourth-order valence-electron chi connectivity index (χ4n) is 7.86. The average Bonchev–Trinajstić information content (AvgIpc) is 3.39. The Hall–Kier alpha value is -2.21. The number of hydrogen-bond donors (Lipinski definition) is 1. The summed E-state index contributed by atoms with van der Waals surface area (Å²) in [7, 11) is 0. The molecule has 2 saturated carbocycles. The molecule has 0 aromatic carbocycles. The quantitative estimate of drug-likeness (QED) is 0.491. The van der Waals surface area contributed by atoms with Gasteiger partial charge in [0.25, 0.3) is 0 Å². The SMILES string of the molecule is CCC(=O)O[C@H]1CC[C@H]2[C@@H]3CC=C4c5sc(Nc6ccccn6)nc5CC[C@]4(C)[C@H]3CC[C@]12C. The second kappa shape index (κ2) is 8.18. The molecule has 6 rings (SSSR count). The maximum absolute atomic E-state index is 12.1. The highest BCUT2D eigenvalue weighted by Crippen LogP contribution is 2.66. The Morgan fingerprint density at radius 3 is 2.88 bits per heavy atom. The summed E-state index contributed by atoms with van der Waals surface area (Å²) >= 11 is 1.79. The third-order valence-corrected chi connectivity index (χ3v) is 10.7. The largest absolute Gasteiger partial charge is 0.462 e. The van der Waals surface area contributed by atoms with Crippen LogP contribution in [0.1, 0.15) is 76.3 Å². The molecular weight excluding hydrogens is 442 g/mol. The molecule has 6 heteroatoms. The van der Waals surface area contributed by atoms with E-state index in [2.05, 4.69) is 30.2 Å². The Labute approximate surface area is 206 Å². The van der Waals surface area contributed by atoms with Crippen molar-refractivity contribution >= 4 is 33.8 Å². The predicted octanol–water partition coefficient (Wildman–Crippen LogP) is 6.79. The molecule has 1 N–H and O–H groups in total. The van der Waals surface area contributed by atoms with E-state index >= 15 is 0 Å². The second-order valence-corrected chi connectivity index (χ2v) is 12.2. The van der Waals surface area contributed by atoms with Crippen molar-refractivity contribution in [2.24, 2.45) is 28.6 Å². The fraction of sp³-hybridized carbons (Fsp3) is 0.607. The zero-order chi connectivity index (χ0) is 23.5. The van der Waals surface area contributed by atoms with Crippen LogP contribution in [0, 0.1) is 28.6 Å². The third-order valence-electron chi connectivity index (χ3n) is 9.66. The number of nitrogens with one attached hydrogen (secondary N) is 1. The molecule has 0 amide bonds. The van der Waals surface area contributed by atoms with E-state index in [4.69, 9.17) is 9.72 Å². The van der Waals surface area contributed by atoms with Gasteiger partial charge in [0.15, 0.2) is 5.13 Å². The van der Waals surface area contributed by atoms with E-state index in [-0.39, 0.29) is 22.9 Å². The summed E-state index contributed by atoms with van der Waals surface area (Å²) in [5, 5.41) is 4.36. The first-order valence-corrected chi connectivity index (χ1v) is 13.8. The van der Waals surface area contributed by atoms with Gasteiger partial charge in [0.2, 0.25) is 0 Å². The molecule has 0 unspecified atom stereocenters. The van der Waals surface area contributed by atoms with Gasteiger partial charge in [-0.2, -0.15) is 0 Å². The van der Waals surface area contributed by atoms with Crippen LogP contribution in [-0.2, 0) is 16.0 Å². The number of anilines is 2. The normalized spacial score (nSPS) is 35.9. The standard InChI is InChI=1S/C28H35N3O2S/c1-4-24(32)33-22-11-10-18-17-8-9-20-25-21(30-26(34-25)31-23-7-5-6-16-29-23)13-15-27(20,2)19(17)12-14-28(18,22)3/h5-7,9,16-19,22H,4,8,10-15H2,1-3H3,(H,29,30,31)/t17-,18-,19-,22-,27+,28-/m0/s1. The van der Waals surface area contributed by atoms with Crippen LogP contribution in [0.5, 0.6) is 0 Å². The Bertz CT molecular complexity index is 1130. The number of rotatable bonds is 4. The molecule has 34 heavy (non-hydrogen) atoms. The van der Waals surface area contributed by atoms with Crippen molar-refractivity contribution in [2.45, 2.75) is 78.2 Å². The summed E-state index contributed by atoms with van der Waals surface area (Å²) in [6, 6.07) is 5.92. The lowest BCUT2D eigenvalue weighted by Gasteiger charge is -2.56. The maximum atomic E-state index is 12.1. The molecule has 2 aromatic rings. The zero-order valence-corrected chi connectivity index (χ0v) is 21.3. The van der Waals surface area contributed by atoms with Crippen LogP contribution in [0.25, 0.3) is 5.57 Å². The monoisotopic (exact) mass is 477 g/mol. The summed E-state index contributed by atoms with van der Waals surface area (Å²) in [5.41, 5.74) is 3.14. The summed E-state index contributed by atoms with van der Waals surface area (Å²) < 4.78 is 5.97. The van der Waals surface area contributed by atoms with Gasteiger partial charge in [-0.1, -0.05) is 44.3 Å². The van der Waals surface area contributed by atoms with E-state index in [1.165, 1.54) is 41.8 Å². The molecule has 4 aliphatic carbocycles. The first-order valence-electron chi connectivity index (χ1n) is 13.0. The molecule has 2 heterocycles. The number of thiazole rings is 1. The van der Waals surface area contributed by atoms with Gasteiger partial charge in [0, 0.05) is 18.0 Å². The highest BCUT2D eigenvalue weighted by molar-refractivity contribution is 7.16. The van der Waals surface area contributed by atoms with Crippen molar-refractivity contribution in [3.8, 4) is 0 Å². The molecule has 2 fully saturated rings. The van der Waals surface area contributed by atoms with Crippen LogP contribution >= 0.6 is 11.3 Å². The van der Waals surface area contributed by atoms with Crippen LogP contribution in [0.15, 0.2) is 30.5 Å². The van der Waals surface area contributed by atoms with Crippen molar-refractivity contribution < 1.29 is 9.53 Å². The fourth-order valence-corrected chi connectivity index (χ4v) is 9.06. The highest BCUT2D eigenvalue weighted by Gasteiger charge is 2.60. The van der Waals surface area contributed by atoms with Gasteiger partial charge in [-0.05, 0) is 85.8 Å². The summed E-state index contributed by atoms with van der Waals surface area (Å²) in [6.45, 7) is 6.83. The lowest BCUT2D eigenvalue weighted by Crippen LogP contribution is -2.50. The Balaban J connectivity index is 1.28. The minimum absolute atomic E-state index is 0.0353.